The van der Waals surface area contributed by atoms with Crippen molar-refractivity contribution in [3.8, 4) is 0 Å². The van der Waals surface area contributed by atoms with Crippen molar-refractivity contribution in [2.45, 2.75) is 251 Å². The Morgan fingerprint density at radius 1 is 0.392 bits per heavy atom. The van der Waals surface area contributed by atoms with Gasteiger partial charge in [-0.3, -0.25) is 23.4 Å². The maximum atomic E-state index is 12.9. The molecule has 0 aliphatic heterocycles. The molecule has 3 atom stereocenters. The highest BCUT2D eigenvalue weighted by Crippen LogP contribution is 2.43. The molecule has 12 heteroatoms. The van der Waals surface area contributed by atoms with Gasteiger partial charge in [0.25, 0.3) is 0 Å². The molecule has 74 heavy (non-hydrogen) atoms. The van der Waals surface area contributed by atoms with Crippen LogP contribution in [0.1, 0.15) is 239 Å². The molecule has 0 bridgehead atoms. The van der Waals surface area contributed by atoms with Crippen LogP contribution in [-0.2, 0) is 42.2 Å². The fourth-order valence-corrected chi connectivity index (χ4v) is 8.37. The minimum atomic E-state index is -4.77. The van der Waals surface area contributed by atoms with Crippen LogP contribution >= 0.6 is 7.82 Å². The number of phosphoric ester groups is 1. The number of hydrogen-bond donors (Lipinski definition) is 2. The van der Waals surface area contributed by atoms with Gasteiger partial charge < -0.3 is 24.2 Å². The molecule has 0 saturated carbocycles. The molecule has 0 aliphatic rings. The van der Waals surface area contributed by atoms with Crippen LogP contribution in [0.4, 0.5) is 0 Å². The van der Waals surface area contributed by atoms with Crippen LogP contribution in [0, 0.1) is 0 Å². The molecule has 0 aromatic rings. The molecule has 0 fully saturated rings. The summed E-state index contributed by atoms with van der Waals surface area (Å²) in [5, 5.41) is 9.81. The standard InChI is InChI=1S/C62H105O11P/c1-4-7-10-13-16-19-22-25-28-29-32-35-38-41-44-47-50-53-62(66)73-59(55-69-60(64)51-48-45-42-39-36-33-30-26-23-20-17-14-11-8-5-2)57-71-74(67,68)70-56-58(54-63)72-61(65)52-49-46-43-40-37-34-31-27-24-21-18-15-12-9-6-3/h7,9-10,12,16,18-19,21,25-28,30-31,37,40,58-59,63H,4-6,8,11,13-15,17,20,22-24,29,32-36,38-39,41-57H2,1-3H3,(H,67,68)/b10-7-,12-9-,19-16-,21-18-,28-25-,30-26-,31-27-,40-37-. The van der Waals surface area contributed by atoms with Crippen molar-refractivity contribution < 1.29 is 52.2 Å². The third kappa shape index (κ3) is 53.2. The number of unbranched alkanes of at least 4 members (excludes halogenated alkanes) is 20. The Bertz CT molecular complexity index is 1610. The second kappa shape index (κ2) is 55.6. The summed E-state index contributed by atoms with van der Waals surface area (Å²) in [4.78, 5) is 48.6. The first-order valence-corrected chi connectivity index (χ1v) is 30.6. The SMILES string of the molecule is CC/C=C\C/C=C\C/C=C\C/C=C\CCCCC(=O)OC(CO)COP(=O)(O)OCC(COC(=O)CCCCCCC/C=C\CCCCCCCC)OC(=O)CCCCCCCCC/C=C\C/C=C\C/C=C\CC. The fraction of sp³-hybridized carbons (Fsp3) is 0.694. The van der Waals surface area contributed by atoms with Crippen molar-refractivity contribution in [3.05, 3.63) is 97.2 Å². The molecule has 0 saturated heterocycles. The molecule has 0 heterocycles. The van der Waals surface area contributed by atoms with Gasteiger partial charge in [-0.05, 0) is 116 Å². The van der Waals surface area contributed by atoms with Gasteiger partial charge in [0, 0.05) is 19.3 Å². The molecule has 424 valence electrons. The summed E-state index contributed by atoms with van der Waals surface area (Å²) in [5.74, 6) is -1.53. The lowest BCUT2D eigenvalue weighted by Gasteiger charge is -2.21. The molecular weight excluding hydrogens is 952 g/mol. The summed E-state index contributed by atoms with van der Waals surface area (Å²) in [6, 6.07) is 0. The smallest absolute Gasteiger partial charge is 0.462 e. The summed E-state index contributed by atoms with van der Waals surface area (Å²) < 4.78 is 39.5. The molecule has 0 amide bonds. The van der Waals surface area contributed by atoms with Crippen molar-refractivity contribution in [1.82, 2.24) is 0 Å². The second-order valence-corrected chi connectivity index (χ2v) is 20.5. The Balaban J connectivity index is 4.80. The molecule has 3 unspecified atom stereocenters. The highest BCUT2D eigenvalue weighted by molar-refractivity contribution is 7.47. The highest BCUT2D eigenvalue weighted by Gasteiger charge is 2.28. The Morgan fingerprint density at radius 2 is 0.703 bits per heavy atom. The number of ether oxygens (including phenoxy) is 3. The number of aliphatic hydroxyl groups is 1. The van der Waals surface area contributed by atoms with Gasteiger partial charge in [0.2, 0.25) is 0 Å². The lowest BCUT2D eigenvalue weighted by molar-refractivity contribution is -0.161. The maximum Gasteiger partial charge on any atom is 0.472 e. The van der Waals surface area contributed by atoms with Gasteiger partial charge in [0.15, 0.2) is 6.10 Å². The molecule has 0 aromatic carbocycles. The zero-order valence-electron chi connectivity index (χ0n) is 46.8. The topological polar surface area (TPSA) is 155 Å². The highest BCUT2D eigenvalue weighted by atomic mass is 31.2. The number of phosphoric acid groups is 1. The van der Waals surface area contributed by atoms with Gasteiger partial charge in [-0.2, -0.15) is 0 Å². The number of aliphatic hydroxyl groups excluding tert-OH is 1. The predicted molar refractivity (Wildman–Crippen MR) is 307 cm³/mol. The van der Waals surface area contributed by atoms with E-state index in [0.29, 0.717) is 19.3 Å². The molecule has 0 aromatic heterocycles. The van der Waals surface area contributed by atoms with Gasteiger partial charge in [-0.1, -0.05) is 201 Å². The third-order valence-electron chi connectivity index (χ3n) is 12.0. The monoisotopic (exact) mass is 1060 g/mol. The molecule has 11 nitrogen and oxygen atoms in total. The Kier molecular flexibility index (Phi) is 52.9. The van der Waals surface area contributed by atoms with E-state index in [1.165, 1.54) is 44.9 Å². The quantitative estimate of drug-likeness (QED) is 0.0197. The molecule has 0 spiro atoms. The summed E-state index contributed by atoms with van der Waals surface area (Å²) in [5.41, 5.74) is 0. The fourth-order valence-electron chi connectivity index (χ4n) is 7.59. The van der Waals surface area contributed by atoms with Crippen LogP contribution in [0.5, 0.6) is 0 Å². The summed E-state index contributed by atoms with van der Waals surface area (Å²) in [6.07, 6.45) is 65.1. The van der Waals surface area contributed by atoms with Gasteiger partial charge >= 0.3 is 25.7 Å². The zero-order chi connectivity index (χ0) is 54.1. The average Bonchev–Trinajstić information content (AvgIpc) is 3.39. The molecule has 2 N–H and O–H groups in total. The van der Waals surface area contributed by atoms with E-state index >= 15 is 0 Å². The second-order valence-electron chi connectivity index (χ2n) is 19.0. The van der Waals surface area contributed by atoms with E-state index in [1.54, 1.807) is 0 Å². The lowest BCUT2D eigenvalue weighted by atomic mass is 10.1. The summed E-state index contributed by atoms with van der Waals surface area (Å²) in [6.45, 7) is 4.35. The van der Waals surface area contributed by atoms with Crippen LogP contribution in [-0.4, -0.2) is 66.5 Å². The summed E-state index contributed by atoms with van der Waals surface area (Å²) in [7, 11) is -4.77. The van der Waals surface area contributed by atoms with Gasteiger partial charge in [-0.25, -0.2) is 4.57 Å². The number of rotatable bonds is 53. The third-order valence-corrected chi connectivity index (χ3v) is 12.9. The van der Waals surface area contributed by atoms with Crippen LogP contribution in [0.2, 0.25) is 0 Å². The Morgan fingerprint density at radius 3 is 1.12 bits per heavy atom. The van der Waals surface area contributed by atoms with E-state index < -0.39 is 57.8 Å². The minimum absolute atomic E-state index is 0.120. The Labute approximate surface area is 451 Å². The lowest BCUT2D eigenvalue weighted by Crippen LogP contribution is -2.30. The molecule has 0 radical (unpaired) electrons. The van der Waals surface area contributed by atoms with Crippen LogP contribution in [0.3, 0.4) is 0 Å². The maximum absolute atomic E-state index is 12.9. The van der Waals surface area contributed by atoms with Crippen LogP contribution in [0.15, 0.2) is 97.2 Å². The molecule has 0 aliphatic carbocycles. The van der Waals surface area contributed by atoms with Crippen molar-refractivity contribution in [1.29, 1.82) is 0 Å². The van der Waals surface area contributed by atoms with Crippen molar-refractivity contribution >= 4 is 25.7 Å². The van der Waals surface area contributed by atoms with Crippen molar-refractivity contribution in [2.75, 3.05) is 26.4 Å². The van der Waals surface area contributed by atoms with Gasteiger partial charge in [0.05, 0.1) is 19.8 Å². The largest absolute Gasteiger partial charge is 0.472 e. The van der Waals surface area contributed by atoms with E-state index in [9.17, 15) is 28.9 Å². The van der Waals surface area contributed by atoms with Gasteiger partial charge in [0.1, 0.15) is 12.7 Å². The van der Waals surface area contributed by atoms with Crippen molar-refractivity contribution in [2.24, 2.45) is 0 Å². The van der Waals surface area contributed by atoms with E-state index in [0.717, 1.165) is 135 Å². The van der Waals surface area contributed by atoms with Crippen LogP contribution < -0.4 is 0 Å². The minimum Gasteiger partial charge on any atom is -0.462 e. The first kappa shape index (κ1) is 70.4. The number of carbonyl (C=O) groups is 3. The average molecular weight is 1060 g/mol. The number of carbonyl (C=O) groups excluding carboxylic acids is 3. The number of esters is 3. The molecular formula is C62H105O11P. The van der Waals surface area contributed by atoms with Gasteiger partial charge in [-0.15, -0.1) is 0 Å². The summed E-state index contributed by atoms with van der Waals surface area (Å²) >= 11 is 0. The number of hydrogen-bond acceptors (Lipinski definition) is 10. The van der Waals surface area contributed by atoms with E-state index in [1.807, 2.05) is 0 Å². The van der Waals surface area contributed by atoms with Crippen LogP contribution in [0.25, 0.3) is 0 Å². The van der Waals surface area contributed by atoms with Crippen molar-refractivity contribution in [3.63, 3.8) is 0 Å². The molecule has 0 rings (SSSR count). The first-order chi connectivity index (χ1) is 36.2. The number of allylic oxidation sites excluding steroid dienone is 16. The van der Waals surface area contributed by atoms with E-state index in [2.05, 4.69) is 118 Å². The van der Waals surface area contributed by atoms with E-state index in [4.69, 9.17) is 23.3 Å². The first-order valence-electron chi connectivity index (χ1n) is 29.1. The normalized spacial score (nSPS) is 14.1. The predicted octanol–water partition coefficient (Wildman–Crippen LogP) is 17.3. The Hall–Kier alpha value is -3.60. The zero-order valence-corrected chi connectivity index (χ0v) is 47.7. The van der Waals surface area contributed by atoms with E-state index in [-0.39, 0.29) is 25.9 Å².